The summed E-state index contributed by atoms with van der Waals surface area (Å²) in [4.78, 5) is 12.9. The van der Waals surface area contributed by atoms with Crippen LogP contribution in [0.3, 0.4) is 0 Å². The number of likely N-dealkylation sites (tertiary alicyclic amines) is 1. The van der Waals surface area contributed by atoms with Crippen LogP contribution in [-0.2, 0) is 11.3 Å². The molecule has 3 aromatic heterocycles. The highest BCUT2D eigenvalue weighted by atomic mass is 32.1. The molecule has 0 unspecified atom stereocenters. The van der Waals surface area contributed by atoms with Gasteiger partial charge in [-0.25, -0.2) is 4.98 Å². The Morgan fingerprint density at radius 1 is 1.37 bits per heavy atom. The third kappa shape index (κ3) is 4.18. The number of hydrogen-bond donors (Lipinski definition) is 1. The van der Waals surface area contributed by atoms with Gasteiger partial charge in [-0.15, -0.1) is 11.3 Å². The van der Waals surface area contributed by atoms with Crippen LogP contribution in [0.1, 0.15) is 29.7 Å². The van der Waals surface area contributed by atoms with Gasteiger partial charge in [0, 0.05) is 31.3 Å². The number of thiophene rings is 1. The van der Waals surface area contributed by atoms with Crippen molar-refractivity contribution >= 4 is 17.2 Å². The molecular formula is C19H23N5O2S. The Balaban J connectivity index is 1.51. The lowest BCUT2D eigenvalue weighted by molar-refractivity contribution is 0.202. The van der Waals surface area contributed by atoms with Gasteiger partial charge in [0.15, 0.2) is 0 Å². The summed E-state index contributed by atoms with van der Waals surface area (Å²) in [6.07, 6.45) is 3.93. The molecule has 0 saturated carbocycles. The van der Waals surface area contributed by atoms with Crippen molar-refractivity contribution in [1.82, 2.24) is 20.0 Å². The smallest absolute Gasteiger partial charge is 0.244 e. The third-order valence-electron chi connectivity index (χ3n) is 4.68. The summed E-state index contributed by atoms with van der Waals surface area (Å²) >= 11 is 1.79. The first kappa shape index (κ1) is 18.1. The number of rotatable bonds is 8. The quantitative estimate of drug-likeness (QED) is 0.594. The molecule has 8 heteroatoms. The normalized spacial score (nSPS) is 17.4. The van der Waals surface area contributed by atoms with E-state index in [0.29, 0.717) is 24.9 Å². The molecule has 27 heavy (non-hydrogen) atoms. The fraction of sp³-hybridized carbons (Fsp3) is 0.421. The maximum atomic E-state index is 5.65. The molecular weight excluding hydrogens is 362 g/mol. The topological polar surface area (TPSA) is 76.3 Å². The zero-order valence-electron chi connectivity index (χ0n) is 15.3. The van der Waals surface area contributed by atoms with E-state index in [1.165, 1.54) is 4.88 Å². The monoisotopic (exact) mass is 385 g/mol. The fourth-order valence-electron chi connectivity index (χ4n) is 3.38. The fourth-order valence-corrected chi connectivity index (χ4v) is 4.11. The number of anilines is 1. The Kier molecular flexibility index (Phi) is 5.76. The van der Waals surface area contributed by atoms with Crippen LogP contribution in [0.25, 0.3) is 11.4 Å². The van der Waals surface area contributed by atoms with Crippen LogP contribution in [0, 0.1) is 0 Å². The summed E-state index contributed by atoms with van der Waals surface area (Å²) in [5.41, 5.74) is 0.839. The number of hydrogen-bond acceptors (Lipinski definition) is 8. The number of methoxy groups -OCH3 is 1. The second-order valence-corrected chi connectivity index (χ2v) is 7.52. The highest BCUT2D eigenvalue weighted by molar-refractivity contribution is 7.09. The third-order valence-corrected chi connectivity index (χ3v) is 5.54. The van der Waals surface area contributed by atoms with Crippen LogP contribution in [0.5, 0.6) is 0 Å². The first-order valence-electron chi connectivity index (χ1n) is 9.13. The SMILES string of the molecule is COCCNc1ncccc1-c1noc([C@@H]2CCCN2Cc2cccs2)n1. The standard InChI is InChI=1S/C19H23N5O2S/c1-25-11-9-21-17-15(6-2-8-20-17)18-22-19(26-23-18)16-7-3-10-24(16)13-14-5-4-12-27-14/h2,4-6,8,12,16H,3,7,9-11,13H2,1H3,(H,20,21)/t16-/m0/s1. The largest absolute Gasteiger partial charge is 0.383 e. The number of nitrogens with one attached hydrogen (secondary N) is 1. The van der Waals surface area contributed by atoms with Crippen molar-refractivity contribution in [2.24, 2.45) is 0 Å². The Morgan fingerprint density at radius 2 is 2.33 bits per heavy atom. The van der Waals surface area contributed by atoms with Crippen molar-refractivity contribution in [2.45, 2.75) is 25.4 Å². The van der Waals surface area contributed by atoms with Gasteiger partial charge in [0.2, 0.25) is 11.7 Å². The van der Waals surface area contributed by atoms with Gasteiger partial charge in [0.1, 0.15) is 5.82 Å². The maximum absolute atomic E-state index is 5.65. The summed E-state index contributed by atoms with van der Waals surface area (Å²) in [6, 6.07) is 8.28. The highest BCUT2D eigenvalue weighted by Crippen LogP contribution is 2.34. The van der Waals surface area contributed by atoms with Crippen molar-refractivity contribution in [2.75, 3.05) is 32.1 Å². The van der Waals surface area contributed by atoms with E-state index in [4.69, 9.17) is 14.2 Å². The van der Waals surface area contributed by atoms with Crippen LogP contribution in [0.4, 0.5) is 5.82 Å². The lowest BCUT2D eigenvalue weighted by atomic mass is 10.2. The van der Waals surface area contributed by atoms with Crippen molar-refractivity contribution in [3.05, 3.63) is 46.6 Å². The van der Waals surface area contributed by atoms with Gasteiger partial charge in [0.25, 0.3) is 0 Å². The molecule has 4 heterocycles. The van der Waals surface area contributed by atoms with E-state index in [0.717, 1.165) is 37.3 Å². The molecule has 1 saturated heterocycles. The Labute approximate surface area is 162 Å². The summed E-state index contributed by atoms with van der Waals surface area (Å²) < 4.78 is 10.7. The van der Waals surface area contributed by atoms with Crippen molar-refractivity contribution < 1.29 is 9.26 Å². The molecule has 1 aliphatic rings. The molecule has 0 spiro atoms. The van der Waals surface area contributed by atoms with Crippen molar-refractivity contribution in [1.29, 1.82) is 0 Å². The minimum Gasteiger partial charge on any atom is -0.383 e. The van der Waals surface area contributed by atoms with E-state index >= 15 is 0 Å². The first-order chi connectivity index (χ1) is 13.3. The average Bonchev–Trinajstić information content (AvgIpc) is 3.44. The molecule has 1 N–H and O–H groups in total. The molecule has 0 aliphatic carbocycles. The van der Waals surface area contributed by atoms with Crippen LogP contribution in [0.15, 0.2) is 40.4 Å². The highest BCUT2D eigenvalue weighted by Gasteiger charge is 2.31. The number of nitrogens with zero attached hydrogens (tertiary/aromatic N) is 4. The van der Waals surface area contributed by atoms with Crippen LogP contribution >= 0.6 is 11.3 Å². The van der Waals surface area contributed by atoms with E-state index in [1.54, 1.807) is 24.6 Å². The first-order valence-corrected chi connectivity index (χ1v) is 10.0. The van der Waals surface area contributed by atoms with Crippen LogP contribution in [-0.4, -0.2) is 46.8 Å². The van der Waals surface area contributed by atoms with Gasteiger partial charge in [-0.2, -0.15) is 4.98 Å². The Bertz CT molecular complexity index is 851. The predicted octanol–water partition coefficient (Wildman–Crippen LogP) is 3.59. The van der Waals surface area contributed by atoms with Gasteiger partial charge in [0.05, 0.1) is 18.2 Å². The molecule has 0 bridgehead atoms. The van der Waals surface area contributed by atoms with Gasteiger partial charge in [-0.3, -0.25) is 4.90 Å². The molecule has 1 fully saturated rings. The van der Waals surface area contributed by atoms with E-state index in [1.807, 2.05) is 12.1 Å². The van der Waals surface area contributed by atoms with E-state index in [2.05, 4.69) is 37.9 Å². The molecule has 3 aromatic rings. The molecule has 4 rings (SSSR count). The second-order valence-electron chi connectivity index (χ2n) is 6.48. The van der Waals surface area contributed by atoms with Gasteiger partial charge in [-0.05, 0) is 43.0 Å². The molecule has 0 radical (unpaired) electrons. The van der Waals surface area contributed by atoms with Crippen LogP contribution < -0.4 is 5.32 Å². The molecule has 0 amide bonds. The molecule has 142 valence electrons. The van der Waals surface area contributed by atoms with Crippen molar-refractivity contribution in [3.63, 3.8) is 0 Å². The molecule has 1 atom stereocenters. The zero-order chi connectivity index (χ0) is 18.5. The number of ether oxygens (including phenoxy) is 1. The van der Waals surface area contributed by atoms with Gasteiger partial charge in [-0.1, -0.05) is 11.2 Å². The van der Waals surface area contributed by atoms with Gasteiger partial charge >= 0.3 is 0 Å². The van der Waals surface area contributed by atoms with Crippen LogP contribution in [0.2, 0.25) is 0 Å². The summed E-state index contributed by atoms with van der Waals surface area (Å²) in [6.45, 7) is 3.25. The average molecular weight is 385 g/mol. The predicted molar refractivity (Wildman–Crippen MR) is 105 cm³/mol. The lowest BCUT2D eigenvalue weighted by Crippen LogP contribution is -2.22. The zero-order valence-corrected chi connectivity index (χ0v) is 16.1. The van der Waals surface area contributed by atoms with E-state index < -0.39 is 0 Å². The minimum absolute atomic E-state index is 0.176. The number of aromatic nitrogens is 3. The summed E-state index contributed by atoms with van der Waals surface area (Å²) in [5.74, 6) is 2.00. The lowest BCUT2D eigenvalue weighted by Gasteiger charge is -2.20. The second kappa shape index (κ2) is 8.60. The maximum Gasteiger partial charge on any atom is 0.244 e. The Morgan fingerprint density at radius 3 is 3.19 bits per heavy atom. The van der Waals surface area contributed by atoms with E-state index in [9.17, 15) is 0 Å². The minimum atomic E-state index is 0.176. The molecule has 7 nitrogen and oxygen atoms in total. The molecule has 1 aliphatic heterocycles. The molecule has 0 aromatic carbocycles. The number of pyridine rings is 1. The van der Waals surface area contributed by atoms with Crippen molar-refractivity contribution in [3.8, 4) is 11.4 Å². The van der Waals surface area contributed by atoms with E-state index in [-0.39, 0.29) is 6.04 Å². The summed E-state index contributed by atoms with van der Waals surface area (Å²) in [7, 11) is 1.68. The summed E-state index contributed by atoms with van der Waals surface area (Å²) in [5, 5.41) is 9.61. The van der Waals surface area contributed by atoms with Gasteiger partial charge < -0.3 is 14.6 Å². The Hall–Kier alpha value is -2.29.